The molecule has 0 bridgehead atoms. The molecule has 1 unspecified atom stereocenters. The SMILES string of the molecule is COCCN(CCOC)C(=O)N1CCCCC1CC(=O)O. The molecule has 0 aromatic heterocycles. The second kappa shape index (κ2) is 9.57. The van der Waals surface area contributed by atoms with E-state index in [0.717, 1.165) is 19.3 Å². The highest BCUT2D eigenvalue weighted by Crippen LogP contribution is 2.21. The van der Waals surface area contributed by atoms with Crippen molar-refractivity contribution in [2.75, 3.05) is 47.1 Å². The van der Waals surface area contributed by atoms with Gasteiger partial charge in [-0.1, -0.05) is 0 Å². The van der Waals surface area contributed by atoms with Gasteiger partial charge in [0.15, 0.2) is 0 Å². The minimum absolute atomic E-state index is 0.00807. The van der Waals surface area contributed by atoms with E-state index in [9.17, 15) is 9.59 Å². The van der Waals surface area contributed by atoms with Gasteiger partial charge in [-0.2, -0.15) is 0 Å². The first kappa shape index (κ1) is 17.7. The lowest BCUT2D eigenvalue weighted by Gasteiger charge is -2.38. The molecule has 1 atom stereocenters. The quantitative estimate of drug-likeness (QED) is 0.724. The van der Waals surface area contributed by atoms with Crippen LogP contribution in [0.1, 0.15) is 25.7 Å². The van der Waals surface area contributed by atoms with Gasteiger partial charge in [0.25, 0.3) is 0 Å². The second-order valence-corrected chi connectivity index (χ2v) is 5.20. The number of rotatable bonds is 8. The third kappa shape index (κ3) is 5.89. The van der Waals surface area contributed by atoms with E-state index in [0.29, 0.717) is 32.8 Å². The molecule has 1 aliphatic rings. The first-order valence-electron chi connectivity index (χ1n) is 7.35. The van der Waals surface area contributed by atoms with E-state index in [-0.39, 0.29) is 18.5 Å². The lowest BCUT2D eigenvalue weighted by Crippen LogP contribution is -2.52. The van der Waals surface area contributed by atoms with Gasteiger partial charge in [-0.25, -0.2) is 4.79 Å². The number of carboxylic acid groups (broad SMARTS) is 1. The topological polar surface area (TPSA) is 79.3 Å². The van der Waals surface area contributed by atoms with Crippen molar-refractivity contribution < 1.29 is 24.2 Å². The van der Waals surface area contributed by atoms with Crippen molar-refractivity contribution in [3.05, 3.63) is 0 Å². The van der Waals surface area contributed by atoms with Crippen LogP contribution in [-0.2, 0) is 14.3 Å². The van der Waals surface area contributed by atoms with Crippen LogP contribution in [0.15, 0.2) is 0 Å². The van der Waals surface area contributed by atoms with Crippen LogP contribution in [0.5, 0.6) is 0 Å². The molecule has 1 aliphatic heterocycles. The number of carboxylic acids is 1. The minimum Gasteiger partial charge on any atom is -0.481 e. The van der Waals surface area contributed by atoms with Gasteiger partial charge in [-0.3, -0.25) is 4.79 Å². The van der Waals surface area contributed by atoms with E-state index in [4.69, 9.17) is 14.6 Å². The Morgan fingerprint density at radius 1 is 1.19 bits per heavy atom. The molecule has 7 heteroatoms. The number of nitrogens with zero attached hydrogens (tertiary/aromatic N) is 2. The summed E-state index contributed by atoms with van der Waals surface area (Å²) < 4.78 is 10.1. The van der Waals surface area contributed by atoms with Crippen LogP contribution >= 0.6 is 0 Å². The van der Waals surface area contributed by atoms with E-state index >= 15 is 0 Å². The molecule has 122 valence electrons. The standard InChI is InChI=1S/C14H26N2O5/c1-20-9-7-15(8-10-21-2)14(19)16-6-4-3-5-12(16)11-13(17)18/h12H,3-11H2,1-2H3,(H,17,18). The number of methoxy groups -OCH3 is 2. The Morgan fingerprint density at radius 3 is 2.33 bits per heavy atom. The number of amides is 2. The summed E-state index contributed by atoms with van der Waals surface area (Å²) in [4.78, 5) is 27.0. The Labute approximate surface area is 125 Å². The Hall–Kier alpha value is -1.34. The van der Waals surface area contributed by atoms with Crippen LogP contribution in [0, 0.1) is 0 Å². The molecule has 2 amide bonds. The monoisotopic (exact) mass is 302 g/mol. The van der Waals surface area contributed by atoms with Crippen molar-refractivity contribution >= 4 is 12.0 Å². The van der Waals surface area contributed by atoms with Crippen LogP contribution in [0.25, 0.3) is 0 Å². The lowest BCUT2D eigenvalue weighted by molar-refractivity contribution is -0.138. The molecule has 0 radical (unpaired) electrons. The predicted molar refractivity (Wildman–Crippen MR) is 77.3 cm³/mol. The van der Waals surface area contributed by atoms with Crippen LogP contribution in [0.3, 0.4) is 0 Å². The van der Waals surface area contributed by atoms with Gasteiger partial charge in [0, 0.05) is 39.9 Å². The molecule has 0 aliphatic carbocycles. The number of piperidine rings is 1. The number of hydrogen-bond acceptors (Lipinski definition) is 4. The molecule has 7 nitrogen and oxygen atoms in total. The van der Waals surface area contributed by atoms with E-state index in [2.05, 4.69) is 0 Å². The zero-order valence-corrected chi connectivity index (χ0v) is 12.9. The first-order valence-corrected chi connectivity index (χ1v) is 7.35. The Balaban J connectivity index is 2.69. The van der Waals surface area contributed by atoms with Crippen LogP contribution in [-0.4, -0.2) is 80.0 Å². The smallest absolute Gasteiger partial charge is 0.320 e. The molecule has 1 N–H and O–H groups in total. The zero-order chi connectivity index (χ0) is 15.7. The average molecular weight is 302 g/mol. The third-order valence-electron chi connectivity index (χ3n) is 3.68. The lowest BCUT2D eigenvalue weighted by atomic mass is 10.00. The Kier molecular flexibility index (Phi) is 8.07. The molecule has 1 heterocycles. The Bertz CT molecular complexity index is 329. The van der Waals surface area contributed by atoms with Gasteiger partial charge in [-0.05, 0) is 19.3 Å². The Morgan fingerprint density at radius 2 is 1.81 bits per heavy atom. The van der Waals surface area contributed by atoms with Gasteiger partial charge >= 0.3 is 12.0 Å². The van der Waals surface area contributed by atoms with Crippen molar-refractivity contribution in [3.63, 3.8) is 0 Å². The fourth-order valence-electron chi connectivity index (χ4n) is 2.55. The summed E-state index contributed by atoms with van der Waals surface area (Å²) >= 11 is 0. The normalized spacial score (nSPS) is 18.6. The van der Waals surface area contributed by atoms with Crippen molar-refractivity contribution in [2.24, 2.45) is 0 Å². The molecule has 0 aromatic rings. The van der Waals surface area contributed by atoms with Crippen LogP contribution in [0.2, 0.25) is 0 Å². The summed E-state index contributed by atoms with van der Waals surface area (Å²) in [6.07, 6.45) is 2.65. The zero-order valence-electron chi connectivity index (χ0n) is 12.9. The summed E-state index contributed by atoms with van der Waals surface area (Å²) in [5, 5.41) is 9.00. The van der Waals surface area contributed by atoms with Gasteiger partial charge in [-0.15, -0.1) is 0 Å². The maximum absolute atomic E-state index is 12.6. The van der Waals surface area contributed by atoms with Crippen molar-refractivity contribution in [2.45, 2.75) is 31.7 Å². The van der Waals surface area contributed by atoms with Crippen molar-refractivity contribution in [1.82, 2.24) is 9.80 Å². The van der Waals surface area contributed by atoms with Crippen molar-refractivity contribution in [1.29, 1.82) is 0 Å². The van der Waals surface area contributed by atoms with Crippen LogP contribution < -0.4 is 0 Å². The molecule has 0 aromatic carbocycles. The van der Waals surface area contributed by atoms with Gasteiger partial charge in [0.2, 0.25) is 0 Å². The largest absolute Gasteiger partial charge is 0.481 e. The molecular formula is C14H26N2O5. The van der Waals surface area contributed by atoms with Gasteiger partial charge in [0.05, 0.1) is 19.6 Å². The second-order valence-electron chi connectivity index (χ2n) is 5.20. The molecule has 0 spiro atoms. The summed E-state index contributed by atoms with van der Waals surface area (Å²) in [5.41, 5.74) is 0. The molecule has 1 rings (SSSR count). The molecular weight excluding hydrogens is 276 g/mol. The minimum atomic E-state index is -0.861. The number of aliphatic carboxylic acids is 1. The van der Waals surface area contributed by atoms with Gasteiger partial charge < -0.3 is 24.4 Å². The highest BCUT2D eigenvalue weighted by Gasteiger charge is 2.31. The number of likely N-dealkylation sites (tertiary alicyclic amines) is 1. The fraction of sp³-hybridized carbons (Fsp3) is 0.857. The summed E-state index contributed by atoms with van der Waals surface area (Å²) in [5.74, 6) is -0.861. The predicted octanol–water partition coefficient (Wildman–Crippen LogP) is 1.03. The highest BCUT2D eigenvalue weighted by atomic mass is 16.5. The average Bonchev–Trinajstić information content (AvgIpc) is 2.47. The molecule has 0 saturated carbocycles. The fourth-order valence-corrected chi connectivity index (χ4v) is 2.55. The van der Waals surface area contributed by atoms with Crippen LogP contribution in [0.4, 0.5) is 4.79 Å². The van der Waals surface area contributed by atoms with Crippen molar-refractivity contribution in [3.8, 4) is 0 Å². The summed E-state index contributed by atoms with van der Waals surface area (Å²) in [6.45, 7) is 2.48. The first-order chi connectivity index (χ1) is 10.1. The molecule has 21 heavy (non-hydrogen) atoms. The molecule has 1 fully saturated rings. The summed E-state index contributed by atoms with van der Waals surface area (Å²) in [7, 11) is 3.18. The number of hydrogen-bond donors (Lipinski definition) is 1. The van der Waals surface area contributed by atoms with Gasteiger partial charge in [0.1, 0.15) is 0 Å². The number of urea groups is 1. The number of carbonyl (C=O) groups excluding carboxylic acids is 1. The van der Waals surface area contributed by atoms with E-state index in [1.54, 1.807) is 24.0 Å². The summed E-state index contributed by atoms with van der Waals surface area (Å²) in [6, 6.07) is -0.327. The molecule has 1 saturated heterocycles. The van der Waals surface area contributed by atoms with E-state index in [1.165, 1.54) is 0 Å². The highest BCUT2D eigenvalue weighted by molar-refractivity contribution is 5.76. The number of carbonyl (C=O) groups is 2. The number of ether oxygens (including phenoxy) is 2. The maximum Gasteiger partial charge on any atom is 0.320 e. The third-order valence-corrected chi connectivity index (χ3v) is 3.68. The van der Waals surface area contributed by atoms with E-state index in [1.807, 2.05) is 0 Å². The maximum atomic E-state index is 12.6. The van der Waals surface area contributed by atoms with E-state index < -0.39 is 5.97 Å².